The van der Waals surface area contributed by atoms with Crippen LogP contribution in [0, 0.1) is 0 Å². The Kier molecular flexibility index (Phi) is 8.67. The van der Waals surface area contributed by atoms with Gasteiger partial charge in [-0.25, -0.2) is 0 Å². The Balaban J connectivity index is 1.63. The largest absolute Gasteiger partial charge is 0.303 e. The van der Waals surface area contributed by atoms with Gasteiger partial charge in [0.2, 0.25) is 11.6 Å². The lowest BCUT2D eigenvalue weighted by Gasteiger charge is -2.16. The summed E-state index contributed by atoms with van der Waals surface area (Å²) in [7, 11) is 0. The molecular weight excluding hydrogens is 476 g/mol. The number of fused-ring (bicyclic) bond motifs is 1. The molecule has 0 atom stereocenters. The first kappa shape index (κ1) is 26.5. The van der Waals surface area contributed by atoms with Crippen molar-refractivity contribution in [3.8, 4) is 10.4 Å². The van der Waals surface area contributed by atoms with Gasteiger partial charge in [-0.1, -0.05) is 30.3 Å². The summed E-state index contributed by atoms with van der Waals surface area (Å²) in [6.45, 7) is 7.04. The Morgan fingerprint density at radius 2 is 1.81 bits per heavy atom. The first-order chi connectivity index (χ1) is 17.9. The van der Waals surface area contributed by atoms with E-state index >= 15 is 0 Å². The van der Waals surface area contributed by atoms with Gasteiger partial charge in [-0.3, -0.25) is 9.69 Å². The minimum atomic E-state index is -0.171. The van der Waals surface area contributed by atoms with Gasteiger partial charge in [0.15, 0.2) is 5.71 Å². The number of carbonyl (C=O) groups excluding carboxylic acids is 2. The van der Waals surface area contributed by atoms with Crippen LogP contribution >= 0.6 is 11.3 Å². The van der Waals surface area contributed by atoms with Crippen LogP contribution in [0.2, 0.25) is 0 Å². The molecule has 0 spiro atoms. The van der Waals surface area contributed by atoms with Crippen molar-refractivity contribution in [1.29, 1.82) is 0 Å². The number of benzene rings is 2. The molecule has 1 amide bonds. The van der Waals surface area contributed by atoms with E-state index in [2.05, 4.69) is 60.2 Å². The maximum absolute atomic E-state index is 12.2. The van der Waals surface area contributed by atoms with E-state index in [4.69, 9.17) is 0 Å². The normalized spacial score (nSPS) is 14.5. The van der Waals surface area contributed by atoms with Gasteiger partial charge < -0.3 is 4.79 Å². The molecule has 0 unspecified atom stereocenters. The number of hydrogen-bond donors (Lipinski definition) is 0. The number of rotatable bonds is 11. The van der Waals surface area contributed by atoms with Crippen LogP contribution in [0.1, 0.15) is 52.0 Å². The lowest BCUT2D eigenvalue weighted by Crippen LogP contribution is -2.28. The number of allylic oxidation sites excluding steroid dienone is 3. The number of unbranched alkanes of at least 4 members (excludes halogenated alkanes) is 3. The molecule has 2 aromatic carbocycles. The van der Waals surface area contributed by atoms with Crippen molar-refractivity contribution < 1.29 is 14.2 Å². The molecule has 3 aromatic rings. The molecule has 1 aliphatic rings. The summed E-state index contributed by atoms with van der Waals surface area (Å²) < 4.78 is 2.43. The van der Waals surface area contributed by atoms with Gasteiger partial charge in [0, 0.05) is 54.2 Å². The first-order valence-electron chi connectivity index (χ1n) is 12.9. The van der Waals surface area contributed by atoms with Crippen LogP contribution < -0.4 is 4.90 Å². The molecule has 37 heavy (non-hydrogen) atoms. The van der Waals surface area contributed by atoms with Gasteiger partial charge in [0.25, 0.3) is 0 Å². The summed E-state index contributed by atoms with van der Waals surface area (Å²) in [5.74, 6) is -0.0323. The molecule has 5 heteroatoms. The van der Waals surface area contributed by atoms with E-state index in [0.717, 1.165) is 37.8 Å². The van der Waals surface area contributed by atoms with Crippen molar-refractivity contribution in [2.75, 3.05) is 11.4 Å². The number of para-hydroxylation sites is 1. The Morgan fingerprint density at radius 3 is 2.51 bits per heavy atom. The zero-order valence-corrected chi connectivity index (χ0v) is 22.7. The molecule has 1 aliphatic heterocycles. The molecular formula is C32H35N2O2S+. The lowest BCUT2D eigenvalue weighted by atomic mass is 9.80. The van der Waals surface area contributed by atoms with Crippen molar-refractivity contribution in [3.05, 3.63) is 96.0 Å². The molecule has 4 nitrogen and oxygen atoms in total. The van der Waals surface area contributed by atoms with Crippen molar-refractivity contribution >= 4 is 40.6 Å². The first-order valence-corrected chi connectivity index (χ1v) is 13.8. The number of aldehydes is 1. The fourth-order valence-corrected chi connectivity index (χ4v) is 5.65. The van der Waals surface area contributed by atoms with E-state index in [9.17, 15) is 9.59 Å². The monoisotopic (exact) mass is 511 g/mol. The second-order valence-electron chi connectivity index (χ2n) is 9.81. The smallest absolute Gasteiger partial charge is 0.227 e. The number of hydrogen-bond acceptors (Lipinski definition) is 3. The van der Waals surface area contributed by atoms with Gasteiger partial charge in [0.1, 0.15) is 12.8 Å². The number of nitrogens with zero attached hydrogens (tertiary/aromatic N) is 2. The average molecular weight is 512 g/mol. The van der Waals surface area contributed by atoms with Crippen molar-refractivity contribution in [3.63, 3.8) is 0 Å². The Hall–Kier alpha value is -3.57. The summed E-state index contributed by atoms with van der Waals surface area (Å²) in [6.07, 6.45) is 12.6. The van der Waals surface area contributed by atoms with Gasteiger partial charge in [-0.15, -0.1) is 11.3 Å². The Bertz CT molecular complexity index is 1320. The fraction of sp³-hybridized carbons (Fsp3) is 0.281. The molecule has 0 saturated carbocycles. The number of amides is 1. The third kappa shape index (κ3) is 6.05. The van der Waals surface area contributed by atoms with Crippen LogP contribution in [0.3, 0.4) is 0 Å². The van der Waals surface area contributed by atoms with Crippen LogP contribution in [0.4, 0.5) is 11.4 Å². The summed E-state index contributed by atoms with van der Waals surface area (Å²) in [5, 5.41) is 2.12. The highest BCUT2D eigenvalue weighted by atomic mass is 32.1. The Labute approximate surface area is 224 Å². The van der Waals surface area contributed by atoms with Crippen LogP contribution in [0.5, 0.6) is 0 Å². The molecule has 0 fully saturated rings. The maximum atomic E-state index is 12.2. The highest BCUT2D eigenvalue weighted by molar-refractivity contribution is 7.13. The van der Waals surface area contributed by atoms with Gasteiger partial charge in [-0.05, 0) is 74.0 Å². The molecule has 1 aromatic heterocycles. The van der Waals surface area contributed by atoms with E-state index in [0.29, 0.717) is 6.42 Å². The van der Waals surface area contributed by atoms with Crippen LogP contribution in [0.25, 0.3) is 10.4 Å². The topological polar surface area (TPSA) is 40.4 Å². The molecule has 0 aliphatic carbocycles. The van der Waals surface area contributed by atoms with Crippen molar-refractivity contribution in [2.45, 2.75) is 51.9 Å². The third-order valence-corrected chi connectivity index (χ3v) is 7.79. The Morgan fingerprint density at radius 1 is 1.00 bits per heavy atom. The van der Waals surface area contributed by atoms with E-state index in [1.54, 1.807) is 23.2 Å². The van der Waals surface area contributed by atoms with Crippen LogP contribution in [-0.2, 0) is 15.0 Å². The van der Waals surface area contributed by atoms with E-state index < -0.39 is 0 Å². The van der Waals surface area contributed by atoms with E-state index in [1.807, 2.05) is 48.7 Å². The highest BCUT2D eigenvalue weighted by Crippen LogP contribution is 2.42. The van der Waals surface area contributed by atoms with Gasteiger partial charge >= 0.3 is 0 Å². The van der Waals surface area contributed by atoms with E-state index in [1.165, 1.54) is 27.4 Å². The predicted octanol–water partition coefficient (Wildman–Crippen LogP) is 7.67. The standard InChI is InChI=1S/C32H35N2O2S/c1-25(36)33(27-14-7-6-8-15-27)20-11-9-17-31-32(2,3)28-24-26(30-16-13-23-37-30)18-19-29(28)34(31)21-10-4-5-12-22-35/h6-9,11,13-20,22-24H,4-5,10,12,21H2,1-3H3/q+1. The molecule has 0 saturated heterocycles. The zero-order chi connectivity index (χ0) is 26.3. The second kappa shape index (κ2) is 12.1. The van der Waals surface area contributed by atoms with Crippen molar-refractivity contribution in [2.24, 2.45) is 0 Å². The molecule has 4 rings (SSSR count). The number of thiophene rings is 1. The molecule has 0 N–H and O–H groups in total. The van der Waals surface area contributed by atoms with E-state index in [-0.39, 0.29) is 11.3 Å². The SMILES string of the molecule is CC(=O)N(/C=C/C=C/C1=[N+](CCCCCC=O)c2ccc(-c3cccs3)cc2C1(C)C)c1ccccc1. The highest BCUT2D eigenvalue weighted by Gasteiger charge is 2.44. The fourth-order valence-electron chi connectivity index (χ4n) is 4.93. The summed E-state index contributed by atoms with van der Waals surface area (Å²) in [4.78, 5) is 25.9. The third-order valence-electron chi connectivity index (χ3n) is 6.88. The summed E-state index contributed by atoms with van der Waals surface area (Å²) >= 11 is 1.76. The zero-order valence-electron chi connectivity index (χ0n) is 21.9. The minimum Gasteiger partial charge on any atom is -0.303 e. The second-order valence-corrected chi connectivity index (χ2v) is 10.8. The van der Waals surface area contributed by atoms with Crippen molar-refractivity contribution in [1.82, 2.24) is 0 Å². The van der Waals surface area contributed by atoms with Gasteiger partial charge in [0.05, 0.1) is 5.41 Å². The maximum Gasteiger partial charge on any atom is 0.227 e. The number of carbonyl (C=O) groups is 2. The average Bonchev–Trinajstić information content (AvgIpc) is 3.50. The predicted molar refractivity (Wildman–Crippen MR) is 155 cm³/mol. The molecule has 190 valence electrons. The minimum absolute atomic E-state index is 0.0323. The molecule has 2 heterocycles. The molecule has 0 radical (unpaired) electrons. The number of anilines is 1. The van der Waals surface area contributed by atoms with Gasteiger partial charge in [-0.2, -0.15) is 4.58 Å². The quantitative estimate of drug-likeness (QED) is 0.115. The van der Waals surface area contributed by atoms with Crippen LogP contribution in [-0.4, -0.2) is 29.0 Å². The lowest BCUT2D eigenvalue weighted by molar-refractivity contribution is -0.438. The van der Waals surface area contributed by atoms with Crippen LogP contribution in [0.15, 0.2) is 90.5 Å². The summed E-state index contributed by atoms with van der Waals surface area (Å²) in [6, 6.07) is 20.7. The molecule has 0 bridgehead atoms. The summed E-state index contributed by atoms with van der Waals surface area (Å²) in [5.41, 5.74) is 5.73.